The van der Waals surface area contributed by atoms with Crippen molar-refractivity contribution in [2.45, 2.75) is 6.92 Å². The lowest BCUT2D eigenvalue weighted by atomic mass is 10.2. The third kappa shape index (κ3) is 4.82. The standard InChI is InChI=1S/C18H24N6O3/c1-13-10-15(21-27-13)20-17(25)12-23-6-8-24(9-7-23)18(26)14-4-5-16(19-11-14)22(2)3/h4-5,10-11H,6-9,12H2,1-3H3,(H,20,21,25). The summed E-state index contributed by atoms with van der Waals surface area (Å²) in [5.74, 6) is 1.69. The molecule has 0 atom stereocenters. The van der Waals surface area contributed by atoms with Crippen LogP contribution in [0.2, 0.25) is 0 Å². The zero-order chi connectivity index (χ0) is 19.4. The number of piperazine rings is 1. The van der Waals surface area contributed by atoms with Crippen LogP contribution in [0, 0.1) is 6.92 Å². The molecule has 3 rings (SSSR count). The number of nitrogens with one attached hydrogen (secondary N) is 1. The van der Waals surface area contributed by atoms with E-state index in [9.17, 15) is 9.59 Å². The van der Waals surface area contributed by atoms with Crippen molar-refractivity contribution in [3.05, 3.63) is 35.7 Å². The highest BCUT2D eigenvalue weighted by Gasteiger charge is 2.23. The molecule has 2 aromatic heterocycles. The van der Waals surface area contributed by atoms with E-state index in [0.717, 1.165) is 5.82 Å². The van der Waals surface area contributed by atoms with Gasteiger partial charge in [-0.1, -0.05) is 5.16 Å². The first-order chi connectivity index (χ1) is 12.9. The van der Waals surface area contributed by atoms with E-state index in [1.165, 1.54) is 0 Å². The van der Waals surface area contributed by atoms with E-state index in [1.807, 2.05) is 30.0 Å². The highest BCUT2D eigenvalue weighted by molar-refractivity contribution is 5.94. The van der Waals surface area contributed by atoms with Crippen LogP contribution in [0.4, 0.5) is 11.6 Å². The molecule has 1 aliphatic heterocycles. The molecule has 9 nitrogen and oxygen atoms in total. The Hall–Kier alpha value is -2.94. The summed E-state index contributed by atoms with van der Waals surface area (Å²) in [6.07, 6.45) is 1.61. The zero-order valence-corrected chi connectivity index (χ0v) is 15.8. The molecular weight excluding hydrogens is 348 g/mol. The van der Waals surface area contributed by atoms with Gasteiger partial charge in [0.1, 0.15) is 11.6 Å². The van der Waals surface area contributed by atoms with Crippen molar-refractivity contribution in [1.29, 1.82) is 0 Å². The number of aromatic nitrogens is 2. The lowest BCUT2D eigenvalue weighted by molar-refractivity contribution is -0.117. The normalized spacial score (nSPS) is 14.9. The van der Waals surface area contributed by atoms with Gasteiger partial charge in [-0.05, 0) is 19.1 Å². The Labute approximate surface area is 157 Å². The lowest BCUT2D eigenvalue weighted by Gasteiger charge is -2.34. The molecule has 1 aliphatic rings. The molecule has 2 amide bonds. The van der Waals surface area contributed by atoms with Crippen LogP contribution in [0.3, 0.4) is 0 Å². The molecule has 0 unspecified atom stereocenters. The zero-order valence-electron chi connectivity index (χ0n) is 15.8. The molecule has 1 fully saturated rings. The lowest BCUT2D eigenvalue weighted by Crippen LogP contribution is -2.50. The third-order valence-electron chi connectivity index (χ3n) is 4.38. The Morgan fingerprint density at radius 1 is 1.22 bits per heavy atom. The summed E-state index contributed by atoms with van der Waals surface area (Å²) in [4.78, 5) is 34.7. The van der Waals surface area contributed by atoms with Gasteiger partial charge in [0.2, 0.25) is 5.91 Å². The highest BCUT2D eigenvalue weighted by Crippen LogP contribution is 2.12. The maximum Gasteiger partial charge on any atom is 0.255 e. The Balaban J connectivity index is 1.48. The van der Waals surface area contributed by atoms with E-state index in [4.69, 9.17) is 4.52 Å². The minimum atomic E-state index is -0.147. The summed E-state index contributed by atoms with van der Waals surface area (Å²) < 4.78 is 4.93. The summed E-state index contributed by atoms with van der Waals surface area (Å²) in [5.41, 5.74) is 0.577. The molecule has 0 aromatic carbocycles. The fourth-order valence-electron chi connectivity index (χ4n) is 2.88. The Kier molecular flexibility index (Phi) is 5.70. The molecule has 2 aromatic rings. The summed E-state index contributed by atoms with van der Waals surface area (Å²) in [6, 6.07) is 5.30. The molecule has 0 bridgehead atoms. The summed E-state index contributed by atoms with van der Waals surface area (Å²) in [5, 5.41) is 6.45. The highest BCUT2D eigenvalue weighted by atomic mass is 16.5. The van der Waals surface area contributed by atoms with Crippen LogP contribution < -0.4 is 10.2 Å². The molecule has 0 aliphatic carbocycles. The van der Waals surface area contributed by atoms with Crippen LogP contribution in [-0.4, -0.2) is 78.6 Å². The minimum absolute atomic E-state index is 0.0324. The predicted molar refractivity (Wildman–Crippen MR) is 101 cm³/mol. The second-order valence-electron chi connectivity index (χ2n) is 6.74. The first-order valence-corrected chi connectivity index (χ1v) is 8.80. The van der Waals surface area contributed by atoms with Gasteiger partial charge in [-0.15, -0.1) is 0 Å². The van der Waals surface area contributed by atoms with Crippen LogP contribution in [0.15, 0.2) is 28.9 Å². The average Bonchev–Trinajstić information content (AvgIpc) is 3.06. The van der Waals surface area contributed by atoms with Gasteiger partial charge in [0.05, 0.1) is 12.1 Å². The van der Waals surface area contributed by atoms with E-state index < -0.39 is 0 Å². The number of carbonyl (C=O) groups excluding carboxylic acids is 2. The van der Waals surface area contributed by atoms with Gasteiger partial charge < -0.3 is 19.6 Å². The molecule has 0 spiro atoms. The predicted octanol–water partition coefficient (Wildman–Crippen LogP) is 0.841. The molecule has 1 saturated heterocycles. The Bertz CT molecular complexity index is 794. The third-order valence-corrected chi connectivity index (χ3v) is 4.38. The number of hydrogen-bond acceptors (Lipinski definition) is 7. The average molecular weight is 372 g/mol. The minimum Gasteiger partial charge on any atom is -0.363 e. The number of rotatable bonds is 5. The molecule has 9 heteroatoms. The van der Waals surface area contributed by atoms with E-state index in [1.54, 1.807) is 30.2 Å². The van der Waals surface area contributed by atoms with Crippen molar-refractivity contribution in [2.75, 3.05) is 57.0 Å². The quantitative estimate of drug-likeness (QED) is 0.831. The molecule has 144 valence electrons. The van der Waals surface area contributed by atoms with E-state index in [0.29, 0.717) is 43.3 Å². The van der Waals surface area contributed by atoms with Crippen molar-refractivity contribution in [3.8, 4) is 0 Å². The first-order valence-electron chi connectivity index (χ1n) is 8.80. The van der Waals surface area contributed by atoms with E-state index in [2.05, 4.69) is 15.5 Å². The van der Waals surface area contributed by atoms with Crippen molar-refractivity contribution in [1.82, 2.24) is 19.9 Å². The number of pyridine rings is 1. The van der Waals surface area contributed by atoms with E-state index >= 15 is 0 Å². The fraction of sp³-hybridized carbons (Fsp3) is 0.444. The number of amides is 2. The summed E-state index contributed by atoms with van der Waals surface area (Å²) >= 11 is 0. The van der Waals surface area contributed by atoms with Crippen LogP contribution in [0.1, 0.15) is 16.1 Å². The van der Waals surface area contributed by atoms with Crippen LogP contribution >= 0.6 is 0 Å². The molecule has 0 radical (unpaired) electrons. The van der Waals surface area contributed by atoms with Gasteiger partial charge in [0, 0.05) is 52.5 Å². The van der Waals surface area contributed by atoms with Crippen molar-refractivity contribution in [2.24, 2.45) is 0 Å². The van der Waals surface area contributed by atoms with Crippen molar-refractivity contribution >= 4 is 23.5 Å². The van der Waals surface area contributed by atoms with Gasteiger partial charge in [0.15, 0.2) is 5.82 Å². The maximum atomic E-state index is 12.6. The Morgan fingerprint density at radius 2 is 1.96 bits per heavy atom. The summed E-state index contributed by atoms with van der Waals surface area (Å²) in [6.45, 7) is 4.45. The van der Waals surface area contributed by atoms with Crippen LogP contribution in [-0.2, 0) is 4.79 Å². The Morgan fingerprint density at radius 3 is 2.52 bits per heavy atom. The SMILES string of the molecule is Cc1cc(NC(=O)CN2CCN(C(=O)c3ccc(N(C)C)nc3)CC2)no1. The van der Waals surface area contributed by atoms with Gasteiger partial charge in [0.25, 0.3) is 5.91 Å². The molecule has 27 heavy (non-hydrogen) atoms. The van der Waals surface area contributed by atoms with Crippen LogP contribution in [0.25, 0.3) is 0 Å². The second kappa shape index (κ2) is 8.17. The smallest absolute Gasteiger partial charge is 0.255 e. The number of anilines is 2. The van der Waals surface area contributed by atoms with Crippen molar-refractivity contribution < 1.29 is 14.1 Å². The first kappa shape index (κ1) is 18.8. The monoisotopic (exact) mass is 372 g/mol. The fourth-order valence-corrected chi connectivity index (χ4v) is 2.88. The number of nitrogens with zero attached hydrogens (tertiary/aromatic N) is 5. The van der Waals surface area contributed by atoms with Crippen molar-refractivity contribution in [3.63, 3.8) is 0 Å². The van der Waals surface area contributed by atoms with E-state index in [-0.39, 0.29) is 18.4 Å². The maximum absolute atomic E-state index is 12.6. The molecular formula is C18H24N6O3. The van der Waals surface area contributed by atoms with Gasteiger partial charge in [-0.2, -0.15) is 0 Å². The number of aryl methyl sites for hydroxylation is 1. The molecule has 0 saturated carbocycles. The van der Waals surface area contributed by atoms with Gasteiger partial charge in [-0.25, -0.2) is 4.98 Å². The van der Waals surface area contributed by atoms with Gasteiger partial charge >= 0.3 is 0 Å². The number of carbonyl (C=O) groups is 2. The van der Waals surface area contributed by atoms with Crippen LogP contribution in [0.5, 0.6) is 0 Å². The molecule has 1 N–H and O–H groups in total. The van der Waals surface area contributed by atoms with Gasteiger partial charge in [-0.3, -0.25) is 14.5 Å². The second-order valence-corrected chi connectivity index (χ2v) is 6.74. The topological polar surface area (TPSA) is 94.8 Å². The molecule has 3 heterocycles. The summed E-state index contributed by atoms with van der Waals surface area (Å²) in [7, 11) is 3.81. The number of hydrogen-bond donors (Lipinski definition) is 1. The largest absolute Gasteiger partial charge is 0.363 e.